The molecule has 1 amide bonds. The molecule has 1 aromatic carbocycles. The minimum atomic E-state index is -3.98. The maximum absolute atomic E-state index is 12.3. The quantitative estimate of drug-likeness (QED) is 0.508. The van der Waals surface area contributed by atoms with E-state index >= 15 is 0 Å². The zero-order chi connectivity index (χ0) is 20.7. The highest BCUT2D eigenvalue weighted by Gasteiger charge is 2.21. The smallest absolute Gasteiger partial charge is 0.255 e. The maximum Gasteiger partial charge on any atom is 0.255 e. The van der Waals surface area contributed by atoms with Gasteiger partial charge in [-0.25, -0.2) is 8.42 Å². The lowest BCUT2D eigenvalue weighted by atomic mass is 10.2. The van der Waals surface area contributed by atoms with Crippen molar-refractivity contribution < 1.29 is 13.2 Å². The average molecular weight is 438 g/mol. The minimum absolute atomic E-state index is 0.252. The van der Waals surface area contributed by atoms with Crippen LogP contribution in [0.2, 0.25) is 0 Å². The molecule has 0 bridgehead atoms. The van der Waals surface area contributed by atoms with Crippen molar-refractivity contribution >= 4 is 50.3 Å². The van der Waals surface area contributed by atoms with Crippen LogP contribution in [-0.2, 0) is 14.8 Å². The number of aromatic nitrogens is 1. The summed E-state index contributed by atoms with van der Waals surface area (Å²) in [6.45, 7) is 0. The van der Waals surface area contributed by atoms with Gasteiger partial charge in [-0.1, -0.05) is 60.8 Å². The Morgan fingerprint density at radius 1 is 1.00 bits per heavy atom. The van der Waals surface area contributed by atoms with Crippen molar-refractivity contribution in [1.29, 1.82) is 0 Å². The van der Waals surface area contributed by atoms with E-state index in [1.54, 1.807) is 48.7 Å². The van der Waals surface area contributed by atoms with E-state index in [1.165, 1.54) is 24.1 Å². The van der Waals surface area contributed by atoms with E-state index in [0.29, 0.717) is 11.3 Å². The molecule has 0 aliphatic heterocycles. The Hall–Kier alpha value is -2.47. The van der Waals surface area contributed by atoms with Crippen LogP contribution in [-0.4, -0.2) is 59.2 Å². The van der Waals surface area contributed by atoms with Crippen molar-refractivity contribution in [3.63, 3.8) is 0 Å². The summed E-state index contributed by atoms with van der Waals surface area (Å²) in [6.07, 6.45) is 1.57. The fourth-order valence-corrected chi connectivity index (χ4v) is 3.55. The van der Waals surface area contributed by atoms with E-state index in [9.17, 15) is 13.2 Å². The van der Waals surface area contributed by atoms with Crippen molar-refractivity contribution in [2.75, 3.05) is 19.8 Å². The van der Waals surface area contributed by atoms with E-state index in [-0.39, 0.29) is 9.98 Å². The molecule has 2 N–H and O–H groups in total. The van der Waals surface area contributed by atoms with Crippen LogP contribution in [0.5, 0.6) is 0 Å². The molecule has 1 aromatic heterocycles. The summed E-state index contributed by atoms with van der Waals surface area (Å²) in [5.74, 6) is -1.56. The molecule has 0 fully saturated rings. The predicted molar refractivity (Wildman–Crippen MR) is 115 cm³/mol. The molecule has 8 nitrogen and oxygen atoms in total. The van der Waals surface area contributed by atoms with E-state index in [4.69, 9.17) is 24.4 Å². The van der Waals surface area contributed by atoms with Gasteiger partial charge < -0.3 is 0 Å². The van der Waals surface area contributed by atoms with Gasteiger partial charge in [0, 0.05) is 25.9 Å². The molecule has 0 saturated carbocycles. The van der Waals surface area contributed by atoms with Crippen molar-refractivity contribution in [3.05, 3.63) is 66.0 Å². The first-order valence-electron chi connectivity index (χ1n) is 8.01. The molecule has 28 heavy (non-hydrogen) atoms. The van der Waals surface area contributed by atoms with Gasteiger partial charge in [0.15, 0.2) is 0 Å². The van der Waals surface area contributed by atoms with Crippen molar-refractivity contribution in [3.8, 4) is 0 Å². The first kappa shape index (κ1) is 21.8. The summed E-state index contributed by atoms with van der Waals surface area (Å²) >= 11 is 10.5. The van der Waals surface area contributed by atoms with Gasteiger partial charge in [-0.15, -0.1) is 4.83 Å². The SMILES string of the molecule is CN(NS(=O)(=O)CC(=O)NN(C)C(=S)c1ccccn1)C(=S)c1ccccc1. The second kappa shape index (κ2) is 9.64. The minimum Gasteiger partial charge on any atom is -0.287 e. The van der Waals surface area contributed by atoms with Crippen LogP contribution in [0.1, 0.15) is 11.3 Å². The van der Waals surface area contributed by atoms with E-state index in [1.807, 2.05) is 6.07 Å². The number of benzene rings is 1. The van der Waals surface area contributed by atoms with Crippen molar-refractivity contribution in [2.24, 2.45) is 0 Å². The van der Waals surface area contributed by atoms with Gasteiger partial charge >= 0.3 is 0 Å². The molecular weight excluding hydrogens is 418 g/mol. The molecule has 0 radical (unpaired) electrons. The molecular formula is C17H19N5O3S3. The lowest BCUT2D eigenvalue weighted by molar-refractivity contribution is -0.121. The number of hydrazine groups is 2. The molecule has 0 spiro atoms. The lowest BCUT2D eigenvalue weighted by Crippen LogP contribution is -2.49. The molecule has 148 valence electrons. The van der Waals surface area contributed by atoms with Crippen molar-refractivity contribution in [2.45, 2.75) is 0 Å². The van der Waals surface area contributed by atoms with E-state index in [2.05, 4.69) is 15.2 Å². The third kappa shape index (κ3) is 6.30. The standard InChI is InChI=1S/C17H19N5O3S3/c1-21(17(27)14-10-6-7-11-18-14)19-15(23)12-28(24,25)20-22(2)16(26)13-8-4-3-5-9-13/h3-11,20H,12H2,1-2H3,(H,19,23). The molecule has 0 saturated heterocycles. The molecule has 0 unspecified atom stereocenters. The number of pyridine rings is 1. The second-order valence-electron chi connectivity index (χ2n) is 5.69. The first-order valence-corrected chi connectivity index (χ1v) is 10.5. The number of rotatable bonds is 6. The normalized spacial score (nSPS) is 10.8. The number of amides is 1. The third-order valence-electron chi connectivity index (χ3n) is 3.40. The topological polar surface area (TPSA) is 94.6 Å². The van der Waals surface area contributed by atoms with Crippen LogP contribution in [0, 0.1) is 0 Å². The summed E-state index contributed by atoms with van der Waals surface area (Å²) in [4.78, 5) is 19.0. The van der Waals surface area contributed by atoms with Crippen LogP contribution in [0.15, 0.2) is 54.7 Å². The number of carbonyl (C=O) groups is 1. The monoisotopic (exact) mass is 437 g/mol. The second-order valence-corrected chi connectivity index (χ2v) is 8.17. The molecule has 11 heteroatoms. The Bertz CT molecular complexity index is 953. The zero-order valence-corrected chi connectivity index (χ0v) is 17.6. The Morgan fingerprint density at radius 2 is 1.64 bits per heavy atom. The van der Waals surface area contributed by atoms with Crippen LogP contribution < -0.4 is 10.3 Å². The lowest BCUT2D eigenvalue weighted by Gasteiger charge is -2.22. The summed E-state index contributed by atoms with van der Waals surface area (Å²) in [7, 11) is -1.01. The Labute approximate surface area is 174 Å². The molecule has 1 heterocycles. The highest BCUT2D eigenvalue weighted by Crippen LogP contribution is 2.04. The summed E-state index contributed by atoms with van der Waals surface area (Å²) in [5.41, 5.74) is 3.57. The highest BCUT2D eigenvalue weighted by atomic mass is 32.2. The molecule has 2 rings (SSSR count). The van der Waals surface area contributed by atoms with Gasteiger partial charge in [0.05, 0.1) is 5.69 Å². The van der Waals surface area contributed by atoms with E-state index in [0.717, 1.165) is 0 Å². The molecule has 0 aliphatic carbocycles. The maximum atomic E-state index is 12.3. The van der Waals surface area contributed by atoms with Gasteiger partial charge in [-0.3, -0.25) is 25.2 Å². The number of hydrogen-bond acceptors (Lipinski definition) is 6. The first-order chi connectivity index (χ1) is 13.2. The number of nitrogens with zero attached hydrogens (tertiary/aromatic N) is 3. The fraction of sp³-hybridized carbons (Fsp3) is 0.176. The number of thiocarbonyl (C=S) groups is 2. The third-order valence-corrected chi connectivity index (χ3v) is 5.59. The van der Waals surface area contributed by atoms with Crippen LogP contribution in [0.4, 0.5) is 0 Å². The molecule has 0 aliphatic rings. The Kier molecular flexibility index (Phi) is 7.52. The number of carbonyl (C=O) groups excluding carboxylic acids is 1. The fourth-order valence-electron chi connectivity index (χ4n) is 2.16. The van der Waals surface area contributed by atoms with Crippen molar-refractivity contribution in [1.82, 2.24) is 25.3 Å². The summed E-state index contributed by atoms with van der Waals surface area (Å²) < 4.78 is 24.5. The number of sulfonamides is 1. The van der Waals surface area contributed by atoms with E-state index < -0.39 is 21.7 Å². The molecule has 2 aromatic rings. The average Bonchev–Trinajstić information content (AvgIpc) is 2.67. The molecule has 0 atom stereocenters. The van der Waals surface area contributed by atoms with Gasteiger partial charge in [-0.05, 0) is 12.1 Å². The number of nitrogens with one attached hydrogen (secondary N) is 2. The largest absolute Gasteiger partial charge is 0.287 e. The van der Waals surface area contributed by atoms with Gasteiger partial charge in [0.25, 0.3) is 5.91 Å². The van der Waals surface area contributed by atoms with Crippen LogP contribution in [0.25, 0.3) is 0 Å². The van der Waals surface area contributed by atoms with Crippen LogP contribution in [0.3, 0.4) is 0 Å². The summed E-state index contributed by atoms with van der Waals surface area (Å²) in [5, 5.41) is 2.42. The van der Waals surface area contributed by atoms with Gasteiger partial charge in [0.2, 0.25) is 10.0 Å². The number of hydrogen-bond donors (Lipinski definition) is 2. The van der Waals surface area contributed by atoms with Gasteiger partial charge in [0.1, 0.15) is 15.7 Å². The summed E-state index contributed by atoms with van der Waals surface area (Å²) in [6, 6.07) is 14.1. The van der Waals surface area contributed by atoms with Gasteiger partial charge in [-0.2, -0.15) is 0 Å². The highest BCUT2D eigenvalue weighted by molar-refractivity contribution is 7.90. The van der Waals surface area contributed by atoms with Crippen LogP contribution >= 0.6 is 24.4 Å². The Balaban J connectivity index is 1.93. The Morgan fingerprint density at radius 3 is 2.25 bits per heavy atom. The predicted octanol–water partition coefficient (Wildman–Crippen LogP) is 0.862. The zero-order valence-electron chi connectivity index (χ0n) is 15.2.